The average Bonchev–Trinajstić information content (AvgIpc) is 2.52. The van der Waals surface area contributed by atoms with Gasteiger partial charge in [-0.2, -0.15) is 0 Å². The van der Waals surface area contributed by atoms with Crippen LogP contribution in [-0.2, 0) is 16.1 Å². The van der Waals surface area contributed by atoms with Gasteiger partial charge in [0.05, 0.1) is 5.56 Å². The first-order valence-corrected chi connectivity index (χ1v) is 6.26. The van der Waals surface area contributed by atoms with Crippen LogP contribution in [0.4, 0.5) is 4.39 Å². The summed E-state index contributed by atoms with van der Waals surface area (Å²) < 4.78 is 23.5. The Morgan fingerprint density at radius 2 is 1.86 bits per heavy atom. The minimum Gasteiger partial charge on any atom is -0.478 e. The molecule has 0 saturated heterocycles. The minimum atomic E-state index is -0.699. The Kier molecular flexibility index (Phi) is 5.04. The van der Waals surface area contributed by atoms with Crippen molar-refractivity contribution in [3.63, 3.8) is 0 Å². The lowest BCUT2D eigenvalue weighted by molar-refractivity contribution is -0.147. The molecule has 2 aromatic carbocycles. The largest absolute Gasteiger partial charge is 0.478 e. The summed E-state index contributed by atoms with van der Waals surface area (Å²) >= 11 is 0. The molecule has 0 saturated carbocycles. The van der Waals surface area contributed by atoms with Gasteiger partial charge in [0, 0.05) is 0 Å². The van der Waals surface area contributed by atoms with E-state index >= 15 is 0 Å². The fourth-order valence-corrected chi connectivity index (χ4v) is 1.68. The molecule has 108 valence electrons. The summed E-state index contributed by atoms with van der Waals surface area (Å²) in [5.41, 5.74) is 0.885. The predicted octanol–water partition coefficient (Wildman–Crippen LogP) is 2.76. The smallest absolute Gasteiger partial charge is 0.344 e. The second kappa shape index (κ2) is 7.19. The van der Waals surface area contributed by atoms with Crippen LogP contribution in [0.25, 0.3) is 0 Å². The van der Waals surface area contributed by atoms with Crippen molar-refractivity contribution in [3.8, 4) is 5.75 Å². The van der Waals surface area contributed by atoms with E-state index < -0.39 is 18.4 Å². The van der Waals surface area contributed by atoms with Gasteiger partial charge in [0.2, 0.25) is 0 Å². The summed E-state index contributed by atoms with van der Waals surface area (Å²) in [6, 6.07) is 13.1. The molecule has 2 aromatic rings. The third kappa shape index (κ3) is 4.14. The van der Waals surface area contributed by atoms with Crippen LogP contribution in [0.1, 0.15) is 15.9 Å². The van der Waals surface area contributed by atoms with Gasteiger partial charge in [-0.05, 0) is 17.7 Å². The van der Waals surface area contributed by atoms with Crippen molar-refractivity contribution < 1.29 is 23.5 Å². The van der Waals surface area contributed by atoms with Crippen LogP contribution in [0.15, 0.2) is 48.5 Å². The van der Waals surface area contributed by atoms with Gasteiger partial charge in [0.15, 0.2) is 24.5 Å². The number of benzene rings is 2. The molecule has 0 radical (unpaired) electrons. The van der Waals surface area contributed by atoms with Crippen molar-refractivity contribution in [2.45, 2.75) is 6.61 Å². The highest BCUT2D eigenvalue weighted by atomic mass is 19.1. The molecule has 0 spiro atoms. The molecule has 0 bridgehead atoms. The summed E-state index contributed by atoms with van der Waals surface area (Å²) in [6.45, 7) is -0.352. The number of hydrogen-bond donors (Lipinski definition) is 0. The van der Waals surface area contributed by atoms with Gasteiger partial charge >= 0.3 is 5.97 Å². The number of aldehydes is 1. The first kappa shape index (κ1) is 14.7. The minimum absolute atomic E-state index is 0.0471. The second-order valence-electron chi connectivity index (χ2n) is 4.21. The molecule has 0 amide bonds. The number of esters is 1. The zero-order valence-electron chi connectivity index (χ0n) is 11.1. The topological polar surface area (TPSA) is 52.6 Å². The maximum absolute atomic E-state index is 13.5. The Balaban J connectivity index is 1.88. The lowest BCUT2D eigenvalue weighted by Gasteiger charge is -2.09. The second-order valence-corrected chi connectivity index (χ2v) is 4.21. The van der Waals surface area contributed by atoms with Gasteiger partial charge in [0.25, 0.3) is 0 Å². The van der Waals surface area contributed by atoms with Crippen LogP contribution >= 0.6 is 0 Å². The molecule has 5 heteroatoms. The van der Waals surface area contributed by atoms with Gasteiger partial charge in [-0.3, -0.25) is 4.79 Å². The van der Waals surface area contributed by atoms with Crippen molar-refractivity contribution in [1.82, 2.24) is 0 Å². The lowest BCUT2D eigenvalue weighted by Crippen LogP contribution is -2.16. The van der Waals surface area contributed by atoms with Crippen LogP contribution in [0, 0.1) is 5.82 Å². The number of halogens is 1. The van der Waals surface area contributed by atoms with Crippen LogP contribution in [-0.4, -0.2) is 18.9 Å². The maximum Gasteiger partial charge on any atom is 0.344 e. The van der Waals surface area contributed by atoms with Gasteiger partial charge in [-0.25, -0.2) is 9.18 Å². The van der Waals surface area contributed by atoms with Crippen molar-refractivity contribution >= 4 is 12.3 Å². The molecule has 21 heavy (non-hydrogen) atoms. The Labute approximate surface area is 121 Å². The Hall–Kier alpha value is -2.69. The van der Waals surface area contributed by atoms with E-state index in [0.717, 1.165) is 11.6 Å². The fourth-order valence-electron chi connectivity index (χ4n) is 1.68. The SMILES string of the molecule is O=Cc1cccc(F)c1OCC(=O)OCc1ccccc1. The van der Waals surface area contributed by atoms with Crippen molar-refractivity contribution in [3.05, 3.63) is 65.5 Å². The molecule has 2 rings (SSSR count). The highest BCUT2D eigenvalue weighted by Crippen LogP contribution is 2.20. The summed E-state index contributed by atoms with van der Waals surface area (Å²) in [4.78, 5) is 22.3. The monoisotopic (exact) mass is 288 g/mol. The van der Waals surface area contributed by atoms with Gasteiger partial charge in [0.1, 0.15) is 6.61 Å². The first-order valence-electron chi connectivity index (χ1n) is 6.26. The van der Waals surface area contributed by atoms with Gasteiger partial charge in [-0.1, -0.05) is 36.4 Å². The van der Waals surface area contributed by atoms with Crippen molar-refractivity contribution in [1.29, 1.82) is 0 Å². The average molecular weight is 288 g/mol. The molecule has 0 heterocycles. The van der Waals surface area contributed by atoms with E-state index in [-0.39, 0.29) is 17.9 Å². The zero-order chi connectivity index (χ0) is 15.1. The lowest BCUT2D eigenvalue weighted by atomic mass is 10.2. The maximum atomic E-state index is 13.5. The predicted molar refractivity (Wildman–Crippen MR) is 73.5 cm³/mol. The van der Waals surface area contributed by atoms with Crippen LogP contribution in [0.5, 0.6) is 5.75 Å². The molecule has 4 nitrogen and oxygen atoms in total. The molecule has 0 unspecified atom stereocenters. The van der Waals surface area contributed by atoms with E-state index in [4.69, 9.17) is 9.47 Å². The Morgan fingerprint density at radius 3 is 2.57 bits per heavy atom. The molecule has 0 aliphatic carbocycles. The van der Waals surface area contributed by atoms with E-state index in [2.05, 4.69) is 0 Å². The molecule has 0 aromatic heterocycles. The quantitative estimate of drug-likeness (QED) is 0.606. The number of ether oxygens (including phenoxy) is 2. The number of hydrogen-bond acceptors (Lipinski definition) is 4. The third-order valence-electron chi connectivity index (χ3n) is 2.70. The summed E-state index contributed by atoms with van der Waals surface area (Å²) in [6.07, 6.45) is 0.466. The molecular formula is C16H13FO4. The molecule has 0 fully saturated rings. The van der Waals surface area contributed by atoms with E-state index in [1.165, 1.54) is 12.1 Å². The Morgan fingerprint density at radius 1 is 1.10 bits per heavy atom. The standard InChI is InChI=1S/C16H13FO4/c17-14-8-4-7-13(9-18)16(14)21-11-15(19)20-10-12-5-2-1-3-6-12/h1-9H,10-11H2. The number of rotatable bonds is 6. The van der Waals surface area contributed by atoms with E-state index in [1.807, 2.05) is 30.3 Å². The highest BCUT2D eigenvalue weighted by Gasteiger charge is 2.12. The van der Waals surface area contributed by atoms with E-state index in [0.29, 0.717) is 6.29 Å². The molecule has 0 aliphatic heterocycles. The Bertz CT molecular complexity index is 625. The summed E-state index contributed by atoms with van der Waals surface area (Å²) in [7, 11) is 0. The van der Waals surface area contributed by atoms with Crippen molar-refractivity contribution in [2.24, 2.45) is 0 Å². The number of carbonyl (C=O) groups excluding carboxylic acids is 2. The number of para-hydroxylation sites is 1. The molecule has 0 aliphatic rings. The van der Waals surface area contributed by atoms with Crippen LogP contribution in [0.2, 0.25) is 0 Å². The van der Waals surface area contributed by atoms with Crippen LogP contribution < -0.4 is 4.74 Å². The van der Waals surface area contributed by atoms with Gasteiger partial charge in [-0.15, -0.1) is 0 Å². The van der Waals surface area contributed by atoms with Crippen LogP contribution in [0.3, 0.4) is 0 Å². The molecular weight excluding hydrogens is 275 g/mol. The molecule has 0 N–H and O–H groups in total. The van der Waals surface area contributed by atoms with Crippen molar-refractivity contribution in [2.75, 3.05) is 6.61 Å². The number of carbonyl (C=O) groups is 2. The van der Waals surface area contributed by atoms with E-state index in [1.54, 1.807) is 0 Å². The molecule has 0 atom stereocenters. The normalized spacial score (nSPS) is 9.95. The summed E-state index contributed by atoms with van der Waals surface area (Å²) in [5, 5.41) is 0. The first-order chi connectivity index (χ1) is 10.2. The van der Waals surface area contributed by atoms with E-state index in [9.17, 15) is 14.0 Å². The third-order valence-corrected chi connectivity index (χ3v) is 2.70. The van der Waals surface area contributed by atoms with Gasteiger partial charge < -0.3 is 9.47 Å². The fraction of sp³-hybridized carbons (Fsp3) is 0.125. The highest BCUT2D eigenvalue weighted by molar-refractivity contribution is 5.79. The summed E-state index contributed by atoms with van der Waals surface area (Å²) in [5.74, 6) is -1.58. The zero-order valence-corrected chi connectivity index (χ0v) is 11.1.